The molecule has 0 aromatic carbocycles. The number of urea groups is 1. The molecule has 1 saturated heterocycles. The molecule has 2 amide bonds. The predicted octanol–water partition coefficient (Wildman–Crippen LogP) is 2.43. The lowest BCUT2D eigenvalue weighted by atomic mass is 9.96. The second kappa shape index (κ2) is 8.36. The summed E-state index contributed by atoms with van der Waals surface area (Å²) in [7, 11) is 3.84. The minimum absolute atomic E-state index is 0.0405. The van der Waals surface area contributed by atoms with E-state index < -0.39 is 0 Å². The van der Waals surface area contributed by atoms with Crippen molar-refractivity contribution in [1.29, 1.82) is 0 Å². The van der Waals surface area contributed by atoms with E-state index in [0.29, 0.717) is 24.3 Å². The molecular weight excluding hydrogens is 318 g/mol. The van der Waals surface area contributed by atoms with Gasteiger partial charge in [-0.05, 0) is 25.7 Å². The van der Waals surface area contributed by atoms with Crippen molar-refractivity contribution in [3.8, 4) is 5.88 Å². The second-order valence-corrected chi connectivity index (χ2v) is 7.19. The molecule has 0 spiro atoms. The molecule has 2 fully saturated rings. The van der Waals surface area contributed by atoms with Gasteiger partial charge in [-0.2, -0.15) is 0 Å². The number of carbonyl (C=O) groups is 1. The first kappa shape index (κ1) is 17.8. The van der Waals surface area contributed by atoms with Crippen molar-refractivity contribution < 1.29 is 9.53 Å². The average Bonchev–Trinajstić information content (AvgIpc) is 2.63. The lowest BCUT2D eigenvalue weighted by molar-refractivity contribution is 0.0961. The number of anilines is 1. The molecule has 1 atom stereocenters. The largest absolute Gasteiger partial charge is 0.470 e. The first-order valence-corrected chi connectivity index (χ1v) is 9.34. The van der Waals surface area contributed by atoms with Crippen molar-refractivity contribution in [2.24, 2.45) is 0 Å². The molecule has 1 aliphatic carbocycles. The van der Waals surface area contributed by atoms with Crippen LogP contribution < -0.4 is 15.0 Å². The number of ether oxygens (including phenoxy) is 1. The van der Waals surface area contributed by atoms with Gasteiger partial charge in [0.15, 0.2) is 5.82 Å². The Bertz CT molecular complexity index is 574. The van der Waals surface area contributed by atoms with Gasteiger partial charge in [0, 0.05) is 39.1 Å². The number of nitrogens with zero attached hydrogens (tertiary/aromatic N) is 4. The maximum atomic E-state index is 12.6. The van der Waals surface area contributed by atoms with Crippen LogP contribution in [0.4, 0.5) is 10.6 Å². The van der Waals surface area contributed by atoms with Crippen LogP contribution in [0, 0.1) is 0 Å². The van der Waals surface area contributed by atoms with E-state index in [2.05, 4.69) is 15.3 Å². The number of carbonyl (C=O) groups excluding carboxylic acids is 1. The maximum Gasteiger partial charge on any atom is 0.317 e. The lowest BCUT2D eigenvalue weighted by Gasteiger charge is -2.34. The summed E-state index contributed by atoms with van der Waals surface area (Å²) < 4.78 is 6.08. The first-order valence-electron chi connectivity index (χ1n) is 9.34. The fraction of sp³-hybridized carbons (Fsp3) is 0.722. The molecule has 1 aliphatic heterocycles. The van der Waals surface area contributed by atoms with Gasteiger partial charge in [0.1, 0.15) is 6.10 Å². The second-order valence-electron chi connectivity index (χ2n) is 7.19. The molecule has 1 unspecified atom stereocenters. The molecule has 1 N–H and O–H groups in total. The summed E-state index contributed by atoms with van der Waals surface area (Å²) in [6.45, 7) is 1.39. The maximum absolute atomic E-state index is 12.6. The van der Waals surface area contributed by atoms with Crippen LogP contribution in [0.25, 0.3) is 0 Å². The Labute approximate surface area is 149 Å². The molecular formula is C18H29N5O2. The van der Waals surface area contributed by atoms with E-state index in [0.717, 1.165) is 32.2 Å². The summed E-state index contributed by atoms with van der Waals surface area (Å²) in [6, 6.07) is 0.384. The normalized spacial score (nSPS) is 21.7. The van der Waals surface area contributed by atoms with Crippen LogP contribution in [0.15, 0.2) is 12.4 Å². The Balaban J connectivity index is 1.56. The van der Waals surface area contributed by atoms with Crippen molar-refractivity contribution >= 4 is 11.8 Å². The molecule has 1 saturated carbocycles. The summed E-state index contributed by atoms with van der Waals surface area (Å²) in [5, 5.41) is 3.20. The van der Waals surface area contributed by atoms with Crippen molar-refractivity contribution in [2.75, 3.05) is 32.1 Å². The smallest absolute Gasteiger partial charge is 0.317 e. The Morgan fingerprint density at radius 1 is 1.16 bits per heavy atom. The number of amides is 2. The molecule has 0 radical (unpaired) electrons. The Kier molecular flexibility index (Phi) is 5.94. The van der Waals surface area contributed by atoms with Gasteiger partial charge in [-0.3, -0.25) is 0 Å². The lowest BCUT2D eigenvalue weighted by Crippen LogP contribution is -2.51. The average molecular weight is 347 g/mol. The highest BCUT2D eigenvalue weighted by Crippen LogP contribution is 2.24. The highest BCUT2D eigenvalue weighted by molar-refractivity contribution is 5.74. The third-order valence-corrected chi connectivity index (χ3v) is 4.95. The Morgan fingerprint density at radius 2 is 1.92 bits per heavy atom. The zero-order chi connectivity index (χ0) is 17.6. The SMILES string of the molecule is CN(C)c1nccnc1OC1CCCN(C(=O)NC2CCCCC2)C1. The van der Waals surface area contributed by atoms with Gasteiger partial charge in [0.05, 0.1) is 6.54 Å². The van der Waals surface area contributed by atoms with Gasteiger partial charge in [-0.1, -0.05) is 19.3 Å². The summed E-state index contributed by atoms with van der Waals surface area (Å²) in [4.78, 5) is 25.0. The summed E-state index contributed by atoms with van der Waals surface area (Å²) in [5.41, 5.74) is 0. The van der Waals surface area contributed by atoms with Gasteiger partial charge in [0.2, 0.25) is 0 Å². The van der Waals surface area contributed by atoms with Gasteiger partial charge < -0.3 is 19.9 Å². The number of hydrogen-bond donors (Lipinski definition) is 1. The highest BCUT2D eigenvalue weighted by atomic mass is 16.5. The van der Waals surface area contributed by atoms with Crippen LogP contribution in [0.5, 0.6) is 5.88 Å². The van der Waals surface area contributed by atoms with Crippen molar-refractivity contribution in [2.45, 2.75) is 57.1 Å². The molecule has 2 heterocycles. The fourth-order valence-corrected chi connectivity index (χ4v) is 3.60. The Morgan fingerprint density at radius 3 is 2.68 bits per heavy atom. The minimum Gasteiger partial charge on any atom is -0.470 e. The van der Waals surface area contributed by atoms with Crippen LogP contribution in [-0.4, -0.2) is 60.2 Å². The van der Waals surface area contributed by atoms with E-state index >= 15 is 0 Å². The van der Waals surface area contributed by atoms with Crippen LogP contribution >= 0.6 is 0 Å². The van der Waals surface area contributed by atoms with Gasteiger partial charge in [0.25, 0.3) is 5.88 Å². The monoisotopic (exact) mass is 347 g/mol. The summed E-state index contributed by atoms with van der Waals surface area (Å²) in [6.07, 6.45) is 11.1. The van der Waals surface area contributed by atoms with Gasteiger partial charge >= 0.3 is 6.03 Å². The van der Waals surface area contributed by atoms with E-state index in [1.54, 1.807) is 12.4 Å². The minimum atomic E-state index is -0.0405. The Hall–Kier alpha value is -2.05. The van der Waals surface area contributed by atoms with Crippen LogP contribution in [-0.2, 0) is 0 Å². The van der Waals surface area contributed by atoms with Crippen LogP contribution in [0.1, 0.15) is 44.9 Å². The third-order valence-electron chi connectivity index (χ3n) is 4.95. The van der Waals surface area contributed by atoms with Crippen molar-refractivity contribution in [3.63, 3.8) is 0 Å². The quantitative estimate of drug-likeness (QED) is 0.906. The molecule has 1 aromatic heterocycles. The third kappa shape index (κ3) is 4.74. The van der Waals surface area contributed by atoms with Crippen LogP contribution in [0.3, 0.4) is 0 Å². The molecule has 7 heteroatoms. The van der Waals surface area contributed by atoms with Gasteiger partial charge in [-0.15, -0.1) is 0 Å². The number of nitrogens with one attached hydrogen (secondary N) is 1. The van der Waals surface area contributed by atoms with E-state index in [9.17, 15) is 4.79 Å². The number of aromatic nitrogens is 2. The predicted molar refractivity (Wildman–Crippen MR) is 97.0 cm³/mol. The van der Waals surface area contributed by atoms with Crippen LogP contribution in [0.2, 0.25) is 0 Å². The topological polar surface area (TPSA) is 70.6 Å². The number of likely N-dealkylation sites (tertiary alicyclic amines) is 1. The molecule has 7 nitrogen and oxygen atoms in total. The standard InChI is InChI=1S/C18H29N5O2/c1-22(2)16-17(20-11-10-19-16)25-15-9-6-12-23(13-15)18(24)21-14-7-4-3-5-8-14/h10-11,14-15H,3-9,12-13H2,1-2H3,(H,21,24). The molecule has 2 aliphatic rings. The number of rotatable bonds is 4. The van der Waals surface area contributed by atoms with E-state index in [-0.39, 0.29) is 12.1 Å². The van der Waals surface area contributed by atoms with Gasteiger partial charge in [-0.25, -0.2) is 14.8 Å². The molecule has 25 heavy (non-hydrogen) atoms. The number of hydrogen-bond acceptors (Lipinski definition) is 5. The zero-order valence-electron chi connectivity index (χ0n) is 15.3. The summed E-state index contributed by atoms with van der Waals surface area (Å²) in [5.74, 6) is 1.25. The molecule has 138 valence electrons. The van der Waals surface area contributed by atoms with E-state index in [4.69, 9.17) is 4.74 Å². The highest BCUT2D eigenvalue weighted by Gasteiger charge is 2.27. The fourth-order valence-electron chi connectivity index (χ4n) is 3.60. The number of piperidine rings is 1. The van der Waals surface area contributed by atoms with E-state index in [1.165, 1.54) is 19.3 Å². The van der Waals surface area contributed by atoms with E-state index in [1.807, 2.05) is 23.9 Å². The molecule has 3 rings (SSSR count). The zero-order valence-corrected chi connectivity index (χ0v) is 15.3. The van der Waals surface area contributed by atoms with Crippen molar-refractivity contribution in [1.82, 2.24) is 20.2 Å². The summed E-state index contributed by atoms with van der Waals surface area (Å²) >= 11 is 0. The van der Waals surface area contributed by atoms with Crippen molar-refractivity contribution in [3.05, 3.63) is 12.4 Å². The molecule has 1 aromatic rings. The first-order chi connectivity index (χ1) is 12.1. The molecule has 0 bridgehead atoms.